The molecule has 0 unspecified atom stereocenters. The fourth-order valence-electron chi connectivity index (χ4n) is 1.76. The number of amides is 1. The molecule has 0 atom stereocenters. The number of nitrogens with zero attached hydrogens (tertiary/aromatic N) is 1. The summed E-state index contributed by atoms with van der Waals surface area (Å²) in [6.07, 6.45) is -0.924. The van der Waals surface area contributed by atoms with E-state index in [-0.39, 0.29) is 24.5 Å². The van der Waals surface area contributed by atoms with Crippen molar-refractivity contribution >= 4 is 17.8 Å². The van der Waals surface area contributed by atoms with E-state index in [4.69, 9.17) is 14.2 Å². The standard InChI is InChI=1S/C15H18N2O7/c1-4-23-14(18)13(17(20)21)12(16-15(19)24-5-2)10-6-8-11(22-3)9-7-10/h6-9H,4-5H2,1-3H3,(H,16,19)/b13-12-. The maximum atomic E-state index is 11.9. The Labute approximate surface area is 138 Å². The number of rotatable bonds is 7. The minimum atomic E-state index is -1.16. The first-order valence-corrected chi connectivity index (χ1v) is 7.08. The van der Waals surface area contributed by atoms with Crippen molar-refractivity contribution < 1.29 is 28.7 Å². The second-order valence-electron chi connectivity index (χ2n) is 4.28. The predicted molar refractivity (Wildman–Crippen MR) is 83.7 cm³/mol. The second-order valence-corrected chi connectivity index (χ2v) is 4.28. The van der Waals surface area contributed by atoms with Crippen molar-refractivity contribution in [2.75, 3.05) is 20.3 Å². The number of benzene rings is 1. The van der Waals surface area contributed by atoms with Crippen LogP contribution in [0.3, 0.4) is 0 Å². The highest BCUT2D eigenvalue weighted by Gasteiger charge is 2.31. The summed E-state index contributed by atoms with van der Waals surface area (Å²) in [5.41, 5.74) is -0.988. The van der Waals surface area contributed by atoms with Gasteiger partial charge in [0, 0.05) is 5.56 Å². The van der Waals surface area contributed by atoms with Crippen molar-refractivity contribution in [2.24, 2.45) is 0 Å². The molecule has 0 bridgehead atoms. The van der Waals surface area contributed by atoms with Gasteiger partial charge in [-0.15, -0.1) is 0 Å². The molecule has 0 aliphatic heterocycles. The Morgan fingerprint density at radius 1 is 1.12 bits per heavy atom. The van der Waals surface area contributed by atoms with Gasteiger partial charge < -0.3 is 14.2 Å². The quantitative estimate of drug-likeness (QED) is 0.349. The van der Waals surface area contributed by atoms with E-state index in [1.807, 2.05) is 0 Å². The van der Waals surface area contributed by atoms with Crippen molar-refractivity contribution in [3.8, 4) is 5.75 Å². The zero-order valence-corrected chi connectivity index (χ0v) is 13.5. The Morgan fingerprint density at radius 2 is 1.71 bits per heavy atom. The van der Waals surface area contributed by atoms with Crippen LogP contribution in [-0.2, 0) is 14.3 Å². The van der Waals surface area contributed by atoms with E-state index < -0.39 is 22.7 Å². The van der Waals surface area contributed by atoms with E-state index in [1.54, 1.807) is 6.92 Å². The molecule has 9 heteroatoms. The van der Waals surface area contributed by atoms with E-state index in [1.165, 1.54) is 38.3 Å². The topological polar surface area (TPSA) is 117 Å². The fourth-order valence-corrected chi connectivity index (χ4v) is 1.76. The summed E-state index contributed by atoms with van der Waals surface area (Å²) in [4.78, 5) is 34.0. The minimum Gasteiger partial charge on any atom is -0.497 e. The zero-order valence-electron chi connectivity index (χ0n) is 13.5. The summed E-state index contributed by atoms with van der Waals surface area (Å²) in [7, 11) is 1.46. The molecule has 0 heterocycles. The summed E-state index contributed by atoms with van der Waals surface area (Å²) in [5, 5.41) is 13.6. The summed E-state index contributed by atoms with van der Waals surface area (Å²) in [5.74, 6) is -0.655. The molecule has 9 nitrogen and oxygen atoms in total. The van der Waals surface area contributed by atoms with E-state index in [9.17, 15) is 19.7 Å². The molecule has 0 spiro atoms. The molecule has 1 rings (SSSR count). The Balaban J connectivity index is 3.42. The largest absolute Gasteiger partial charge is 0.497 e. The van der Waals surface area contributed by atoms with Crippen LogP contribution in [0.1, 0.15) is 19.4 Å². The van der Waals surface area contributed by atoms with Crippen LogP contribution in [-0.4, -0.2) is 37.3 Å². The zero-order chi connectivity index (χ0) is 18.1. The summed E-state index contributed by atoms with van der Waals surface area (Å²) >= 11 is 0. The van der Waals surface area contributed by atoms with Crippen molar-refractivity contribution in [3.05, 3.63) is 45.6 Å². The third kappa shape index (κ3) is 4.97. The summed E-state index contributed by atoms with van der Waals surface area (Å²) in [6, 6.07) is 5.99. The molecule has 0 radical (unpaired) electrons. The molecular weight excluding hydrogens is 320 g/mol. The van der Waals surface area contributed by atoms with Crippen LogP contribution in [0.2, 0.25) is 0 Å². The van der Waals surface area contributed by atoms with Gasteiger partial charge in [0.25, 0.3) is 0 Å². The SMILES string of the molecule is CCOC(=O)N/C(=C(/C(=O)OCC)[N+](=O)[O-])c1ccc(OC)cc1. The fraction of sp³-hybridized carbons (Fsp3) is 0.333. The van der Waals surface area contributed by atoms with Crippen molar-refractivity contribution in [1.29, 1.82) is 0 Å². The van der Waals surface area contributed by atoms with Crippen molar-refractivity contribution in [3.63, 3.8) is 0 Å². The van der Waals surface area contributed by atoms with Crippen LogP contribution in [0.4, 0.5) is 4.79 Å². The Hall–Kier alpha value is -3.10. The lowest BCUT2D eigenvalue weighted by atomic mass is 10.1. The lowest BCUT2D eigenvalue weighted by Gasteiger charge is -2.11. The normalized spacial score (nSPS) is 11.1. The number of alkyl carbamates (subject to hydrolysis) is 1. The first-order valence-electron chi connectivity index (χ1n) is 7.08. The number of esters is 1. The molecule has 130 valence electrons. The van der Waals surface area contributed by atoms with Crippen molar-refractivity contribution in [2.45, 2.75) is 13.8 Å². The average Bonchev–Trinajstić information content (AvgIpc) is 2.54. The van der Waals surface area contributed by atoms with Gasteiger partial charge in [0.1, 0.15) is 11.4 Å². The van der Waals surface area contributed by atoms with Gasteiger partial charge in [-0.3, -0.25) is 15.4 Å². The number of nitro groups is 1. The molecule has 0 saturated carbocycles. The number of carbonyl (C=O) groups is 2. The van der Waals surface area contributed by atoms with Crippen LogP contribution in [0.15, 0.2) is 30.0 Å². The summed E-state index contributed by atoms with van der Waals surface area (Å²) in [6.45, 7) is 3.11. The minimum absolute atomic E-state index is 0.0501. The third-order valence-corrected chi connectivity index (χ3v) is 2.77. The van der Waals surface area contributed by atoms with Gasteiger partial charge in [0.05, 0.1) is 25.2 Å². The van der Waals surface area contributed by atoms with E-state index in [0.29, 0.717) is 5.75 Å². The molecule has 24 heavy (non-hydrogen) atoms. The van der Waals surface area contributed by atoms with Gasteiger partial charge >= 0.3 is 17.8 Å². The van der Waals surface area contributed by atoms with Crippen LogP contribution in [0.5, 0.6) is 5.75 Å². The van der Waals surface area contributed by atoms with Gasteiger partial charge in [0.2, 0.25) is 0 Å². The van der Waals surface area contributed by atoms with Crippen molar-refractivity contribution in [1.82, 2.24) is 5.32 Å². The van der Waals surface area contributed by atoms with Gasteiger partial charge in [-0.05, 0) is 38.1 Å². The highest BCUT2D eigenvalue weighted by Crippen LogP contribution is 2.21. The lowest BCUT2D eigenvalue weighted by molar-refractivity contribution is -0.420. The number of hydrogen-bond acceptors (Lipinski definition) is 7. The first-order chi connectivity index (χ1) is 11.4. The molecule has 0 aliphatic carbocycles. The van der Waals surface area contributed by atoms with E-state index in [2.05, 4.69) is 5.32 Å². The maximum Gasteiger partial charge on any atom is 0.412 e. The van der Waals surface area contributed by atoms with Crippen LogP contribution in [0.25, 0.3) is 5.70 Å². The smallest absolute Gasteiger partial charge is 0.412 e. The maximum absolute atomic E-state index is 11.9. The molecule has 1 aromatic carbocycles. The highest BCUT2D eigenvalue weighted by atomic mass is 16.6. The molecule has 0 aliphatic rings. The number of hydrogen-bond donors (Lipinski definition) is 1. The monoisotopic (exact) mass is 338 g/mol. The number of nitrogens with one attached hydrogen (secondary N) is 1. The first kappa shape index (κ1) is 18.9. The number of ether oxygens (including phenoxy) is 3. The Kier molecular flexibility index (Phi) is 7.21. The number of carbonyl (C=O) groups excluding carboxylic acids is 2. The van der Waals surface area contributed by atoms with E-state index in [0.717, 1.165) is 0 Å². The summed E-state index contributed by atoms with van der Waals surface area (Å²) < 4.78 is 14.4. The molecule has 1 aromatic rings. The second kappa shape index (κ2) is 9.13. The average molecular weight is 338 g/mol. The third-order valence-electron chi connectivity index (χ3n) is 2.77. The van der Waals surface area contributed by atoms with Gasteiger partial charge in [-0.1, -0.05) is 0 Å². The van der Waals surface area contributed by atoms with Crippen LogP contribution < -0.4 is 10.1 Å². The predicted octanol–water partition coefficient (Wildman–Crippen LogP) is 1.95. The lowest BCUT2D eigenvalue weighted by Crippen LogP contribution is -2.28. The molecule has 0 saturated heterocycles. The van der Waals surface area contributed by atoms with E-state index >= 15 is 0 Å². The number of methoxy groups -OCH3 is 1. The Morgan fingerprint density at radius 3 is 2.17 bits per heavy atom. The highest BCUT2D eigenvalue weighted by molar-refractivity contribution is 5.97. The van der Waals surface area contributed by atoms with Gasteiger partial charge in [-0.25, -0.2) is 9.59 Å². The molecule has 0 aromatic heterocycles. The molecule has 1 amide bonds. The Bertz CT molecular complexity index is 638. The van der Waals surface area contributed by atoms with Crippen LogP contribution >= 0.6 is 0 Å². The van der Waals surface area contributed by atoms with Crippen LogP contribution in [0, 0.1) is 10.1 Å². The molecule has 0 fully saturated rings. The van der Waals surface area contributed by atoms with Gasteiger partial charge in [0.15, 0.2) is 0 Å². The molecular formula is C15H18N2O7. The van der Waals surface area contributed by atoms with Gasteiger partial charge in [-0.2, -0.15) is 0 Å². The molecule has 1 N–H and O–H groups in total.